The predicted octanol–water partition coefficient (Wildman–Crippen LogP) is 5.28. The third-order valence-corrected chi connectivity index (χ3v) is 5.26. The zero-order valence-corrected chi connectivity index (χ0v) is 15.9. The van der Waals surface area contributed by atoms with Crippen molar-refractivity contribution in [2.45, 2.75) is 18.8 Å². The van der Waals surface area contributed by atoms with E-state index in [2.05, 4.69) is 15.3 Å². The van der Waals surface area contributed by atoms with Crippen LogP contribution in [0.5, 0.6) is 0 Å². The van der Waals surface area contributed by atoms with Gasteiger partial charge in [-0.2, -0.15) is 0 Å². The maximum Gasteiger partial charge on any atom is 0.321 e. The van der Waals surface area contributed by atoms with Crippen LogP contribution in [-0.4, -0.2) is 34.0 Å². The Balaban J connectivity index is 1.45. The lowest BCUT2D eigenvalue weighted by molar-refractivity contribution is 0.191. The van der Waals surface area contributed by atoms with Crippen LogP contribution in [0, 0.1) is 5.82 Å². The second-order valence-corrected chi connectivity index (χ2v) is 7.27. The van der Waals surface area contributed by atoms with Crippen molar-refractivity contribution in [3.05, 3.63) is 71.4 Å². The van der Waals surface area contributed by atoms with Crippen molar-refractivity contribution in [1.82, 2.24) is 14.9 Å². The van der Waals surface area contributed by atoms with Crippen molar-refractivity contribution in [2.75, 3.05) is 18.4 Å². The summed E-state index contributed by atoms with van der Waals surface area (Å²) in [5, 5.41) is 2.61. The molecule has 0 saturated carbocycles. The Morgan fingerprint density at radius 1 is 1.21 bits per heavy atom. The number of piperidine rings is 1. The van der Waals surface area contributed by atoms with Gasteiger partial charge in [-0.1, -0.05) is 48.0 Å². The number of amides is 2. The number of nitrogens with one attached hydrogen (secondary N) is 2. The van der Waals surface area contributed by atoms with Gasteiger partial charge in [0, 0.05) is 19.0 Å². The van der Waals surface area contributed by atoms with Crippen LogP contribution in [-0.2, 0) is 0 Å². The number of nitrogens with zero attached hydrogens (tertiary/aromatic N) is 2. The molecule has 2 aromatic carbocycles. The van der Waals surface area contributed by atoms with E-state index in [9.17, 15) is 9.18 Å². The Hall–Kier alpha value is -2.86. The minimum atomic E-state index is -0.621. The second-order valence-electron chi connectivity index (χ2n) is 6.86. The molecule has 7 heteroatoms. The van der Waals surface area contributed by atoms with Gasteiger partial charge in [0.25, 0.3) is 0 Å². The minimum absolute atomic E-state index is 0.0154. The van der Waals surface area contributed by atoms with Crippen LogP contribution in [0.1, 0.15) is 24.6 Å². The third kappa shape index (κ3) is 3.87. The molecule has 1 fully saturated rings. The number of carbonyl (C=O) groups excluding carboxylic acids is 1. The van der Waals surface area contributed by atoms with E-state index in [4.69, 9.17) is 11.6 Å². The summed E-state index contributed by atoms with van der Waals surface area (Å²) in [6.07, 6.45) is 3.62. The summed E-state index contributed by atoms with van der Waals surface area (Å²) in [5.41, 5.74) is 2.12. The number of hydrogen-bond donors (Lipinski definition) is 2. The maximum absolute atomic E-state index is 14.1. The molecule has 1 saturated heterocycles. The zero-order chi connectivity index (χ0) is 19.5. The summed E-state index contributed by atoms with van der Waals surface area (Å²) < 4.78 is 14.1. The molecule has 1 aromatic heterocycles. The highest BCUT2D eigenvalue weighted by atomic mass is 35.5. The number of anilines is 1. The fourth-order valence-corrected chi connectivity index (χ4v) is 3.66. The Morgan fingerprint density at radius 2 is 2.04 bits per heavy atom. The quantitative estimate of drug-likeness (QED) is 0.630. The van der Waals surface area contributed by atoms with Gasteiger partial charge in [-0.15, -0.1) is 0 Å². The molecule has 2 amide bonds. The van der Waals surface area contributed by atoms with E-state index >= 15 is 0 Å². The van der Waals surface area contributed by atoms with Gasteiger partial charge in [0.15, 0.2) is 5.82 Å². The molecule has 0 radical (unpaired) electrons. The molecule has 4 rings (SSSR count). The molecule has 1 unspecified atom stereocenters. The molecule has 144 valence electrons. The Kier molecular flexibility index (Phi) is 5.30. The highest BCUT2D eigenvalue weighted by Crippen LogP contribution is 2.28. The van der Waals surface area contributed by atoms with E-state index in [-0.39, 0.29) is 22.7 Å². The van der Waals surface area contributed by atoms with Gasteiger partial charge in [0.2, 0.25) is 0 Å². The van der Waals surface area contributed by atoms with Crippen LogP contribution in [0.3, 0.4) is 0 Å². The molecule has 1 atom stereocenters. The summed E-state index contributed by atoms with van der Waals surface area (Å²) in [7, 11) is 0. The smallest absolute Gasteiger partial charge is 0.321 e. The molecule has 5 nitrogen and oxygen atoms in total. The van der Waals surface area contributed by atoms with Crippen LogP contribution < -0.4 is 5.32 Å². The standard InChI is InChI=1S/C21H20ClFN4O/c22-16-9-4-10-17(19(16)23)26-21(28)27-11-5-8-15(13-27)20-24-12-18(25-20)14-6-2-1-3-7-14/h1-4,6-7,9-10,12,15H,5,8,11,13H2,(H,24,25)(H,26,28). The summed E-state index contributed by atoms with van der Waals surface area (Å²) in [6.45, 7) is 1.15. The summed E-state index contributed by atoms with van der Waals surface area (Å²) >= 11 is 5.79. The summed E-state index contributed by atoms with van der Waals surface area (Å²) in [4.78, 5) is 22.2. The number of benzene rings is 2. The van der Waals surface area contributed by atoms with Crippen molar-refractivity contribution >= 4 is 23.3 Å². The highest BCUT2D eigenvalue weighted by Gasteiger charge is 2.27. The molecule has 1 aliphatic rings. The van der Waals surface area contributed by atoms with Crippen molar-refractivity contribution < 1.29 is 9.18 Å². The number of aromatic amines is 1. The van der Waals surface area contributed by atoms with Crippen LogP contribution in [0.4, 0.5) is 14.9 Å². The van der Waals surface area contributed by atoms with Crippen molar-refractivity contribution in [2.24, 2.45) is 0 Å². The number of urea groups is 1. The zero-order valence-electron chi connectivity index (χ0n) is 15.2. The molecular formula is C21H20ClFN4O. The number of hydrogen-bond acceptors (Lipinski definition) is 2. The van der Waals surface area contributed by atoms with Gasteiger partial charge >= 0.3 is 6.03 Å². The number of imidazole rings is 1. The first-order chi connectivity index (χ1) is 13.6. The van der Waals surface area contributed by atoms with Gasteiger partial charge in [0.1, 0.15) is 5.82 Å². The van der Waals surface area contributed by atoms with Gasteiger partial charge in [-0.3, -0.25) is 0 Å². The van der Waals surface area contributed by atoms with Crippen molar-refractivity contribution in [1.29, 1.82) is 0 Å². The number of H-pyrrole nitrogens is 1. The largest absolute Gasteiger partial charge is 0.342 e. The molecule has 0 bridgehead atoms. The van der Waals surface area contributed by atoms with E-state index in [0.29, 0.717) is 13.1 Å². The lowest BCUT2D eigenvalue weighted by Gasteiger charge is -2.32. The fraction of sp³-hybridized carbons (Fsp3) is 0.238. The van der Waals surface area contributed by atoms with Crippen LogP contribution in [0.15, 0.2) is 54.7 Å². The topological polar surface area (TPSA) is 61.0 Å². The predicted molar refractivity (Wildman–Crippen MR) is 108 cm³/mol. The molecule has 2 heterocycles. The highest BCUT2D eigenvalue weighted by molar-refractivity contribution is 6.31. The maximum atomic E-state index is 14.1. The van der Waals surface area contributed by atoms with Crippen LogP contribution >= 0.6 is 11.6 Å². The monoisotopic (exact) mass is 398 g/mol. The molecule has 2 N–H and O–H groups in total. The first kappa shape index (κ1) is 18.5. The van der Waals surface area contributed by atoms with Gasteiger partial charge in [-0.05, 0) is 30.5 Å². The van der Waals surface area contributed by atoms with Crippen molar-refractivity contribution in [3.8, 4) is 11.3 Å². The number of likely N-dealkylation sites (tertiary alicyclic amines) is 1. The van der Waals surface area contributed by atoms with E-state index in [0.717, 1.165) is 29.9 Å². The molecule has 1 aliphatic heterocycles. The minimum Gasteiger partial charge on any atom is -0.342 e. The molecular weight excluding hydrogens is 379 g/mol. The fourth-order valence-electron chi connectivity index (χ4n) is 3.49. The lowest BCUT2D eigenvalue weighted by atomic mass is 9.97. The normalized spacial score (nSPS) is 16.8. The van der Waals surface area contributed by atoms with E-state index in [1.165, 1.54) is 12.1 Å². The third-order valence-electron chi connectivity index (χ3n) is 4.97. The van der Waals surface area contributed by atoms with E-state index in [1.54, 1.807) is 11.0 Å². The van der Waals surface area contributed by atoms with Crippen molar-refractivity contribution in [3.63, 3.8) is 0 Å². The summed E-state index contributed by atoms with van der Waals surface area (Å²) in [6, 6.07) is 14.2. The number of aromatic nitrogens is 2. The second kappa shape index (κ2) is 8.02. The summed E-state index contributed by atoms with van der Waals surface area (Å²) in [5.74, 6) is 0.357. The van der Waals surface area contributed by atoms with Gasteiger partial charge in [0.05, 0.1) is 22.6 Å². The Labute approximate surface area is 167 Å². The SMILES string of the molecule is O=C(Nc1cccc(Cl)c1F)N1CCCC(c2ncc(-c3ccccc3)[nH]2)C1. The average Bonchev–Trinajstić information content (AvgIpc) is 3.22. The number of carbonyl (C=O) groups is 1. The van der Waals surface area contributed by atoms with Crippen LogP contribution in [0.25, 0.3) is 11.3 Å². The van der Waals surface area contributed by atoms with E-state index < -0.39 is 5.82 Å². The molecule has 28 heavy (non-hydrogen) atoms. The first-order valence-corrected chi connectivity index (χ1v) is 9.60. The Morgan fingerprint density at radius 3 is 2.86 bits per heavy atom. The van der Waals surface area contributed by atoms with E-state index in [1.807, 2.05) is 36.5 Å². The van der Waals surface area contributed by atoms with Gasteiger partial charge in [-0.25, -0.2) is 14.2 Å². The first-order valence-electron chi connectivity index (χ1n) is 9.22. The lowest BCUT2D eigenvalue weighted by Crippen LogP contribution is -2.42. The van der Waals surface area contributed by atoms with Crippen LogP contribution in [0.2, 0.25) is 5.02 Å². The number of halogens is 2. The average molecular weight is 399 g/mol. The molecule has 0 spiro atoms. The van der Waals surface area contributed by atoms with Gasteiger partial charge < -0.3 is 15.2 Å². The number of rotatable bonds is 3. The molecule has 3 aromatic rings. The Bertz CT molecular complexity index is 976. The molecule has 0 aliphatic carbocycles.